The highest BCUT2D eigenvalue weighted by Crippen LogP contribution is 2.23. The van der Waals surface area contributed by atoms with Gasteiger partial charge in [-0.2, -0.15) is 15.4 Å². The third kappa shape index (κ3) is 3.36. The van der Waals surface area contributed by atoms with Crippen molar-refractivity contribution in [2.45, 2.75) is 6.61 Å². The van der Waals surface area contributed by atoms with Crippen LogP contribution in [0.4, 0.5) is 4.39 Å². The van der Waals surface area contributed by atoms with Crippen LogP contribution in [0, 0.1) is 5.82 Å². The van der Waals surface area contributed by atoms with Gasteiger partial charge in [0, 0.05) is 16.1 Å². The summed E-state index contributed by atoms with van der Waals surface area (Å²) in [4.78, 5) is 11.3. The number of nitrogens with two attached hydrogens (primary N) is 1. The normalized spacial score (nSPS) is 10.6. The zero-order valence-electron chi connectivity index (χ0n) is 12.3. The van der Waals surface area contributed by atoms with Crippen LogP contribution in [-0.2, 0) is 6.61 Å². The van der Waals surface area contributed by atoms with Gasteiger partial charge in [-0.25, -0.2) is 4.39 Å². The zero-order valence-corrected chi connectivity index (χ0v) is 13.0. The van der Waals surface area contributed by atoms with E-state index in [-0.39, 0.29) is 12.3 Å². The largest absolute Gasteiger partial charge is 0.489 e. The van der Waals surface area contributed by atoms with Crippen LogP contribution in [0.1, 0.15) is 16.1 Å². The molecule has 2 aromatic carbocycles. The summed E-state index contributed by atoms with van der Waals surface area (Å²) in [6.45, 7) is 0.0683. The minimum Gasteiger partial charge on any atom is -0.489 e. The molecule has 122 valence electrons. The molecule has 0 saturated heterocycles. The number of amides is 1. The smallest absolute Gasteiger partial charge is 0.271 e. The molecule has 8 heteroatoms. The molecule has 3 aromatic rings. The molecular formula is C16H12ClFN4O2. The van der Waals surface area contributed by atoms with Crippen molar-refractivity contribution < 1.29 is 13.9 Å². The monoisotopic (exact) mass is 346 g/mol. The number of hydrogen-bond acceptors (Lipinski definition) is 4. The highest BCUT2D eigenvalue weighted by Gasteiger charge is 2.15. The lowest BCUT2D eigenvalue weighted by Gasteiger charge is -2.08. The second-order valence-corrected chi connectivity index (χ2v) is 5.37. The van der Waals surface area contributed by atoms with Gasteiger partial charge in [0.15, 0.2) is 5.69 Å². The number of halogens is 2. The first kappa shape index (κ1) is 15.9. The fourth-order valence-corrected chi connectivity index (χ4v) is 2.27. The Labute approximate surface area is 141 Å². The molecule has 24 heavy (non-hydrogen) atoms. The summed E-state index contributed by atoms with van der Waals surface area (Å²) in [5.74, 6) is -0.553. The molecular weight excluding hydrogens is 335 g/mol. The number of H-pyrrole nitrogens is 1. The number of carbonyl (C=O) groups is 1. The number of rotatable bonds is 5. The van der Waals surface area contributed by atoms with E-state index in [1.807, 2.05) is 0 Å². The molecule has 0 aliphatic carbocycles. The third-order valence-corrected chi connectivity index (χ3v) is 3.55. The van der Waals surface area contributed by atoms with Crippen molar-refractivity contribution >= 4 is 17.5 Å². The number of aromatic nitrogens is 3. The van der Waals surface area contributed by atoms with Crippen molar-refractivity contribution in [1.82, 2.24) is 15.4 Å². The Hall–Kier alpha value is -2.93. The highest BCUT2D eigenvalue weighted by molar-refractivity contribution is 6.30. The predicted octanol–water partition coefficient (Wildman–Crippen LogP) is 2.94. The van der Waals surface area contributed by atoms with Crippen LogP contribution < -0.4 is 10.5 Å². The van der Waals surface area contributed by atoms with Crippen LogP contribution >= 0.6 is 11.6 Å². The molecule has 6 nitrogen and oxygen atoms in total. The molecule has 0 unspecified atom stereocenters. The number of benzene rings is 2. The van der Waals surface area contributed by atoms with Crippen molar-refractivity contribution in [3.05, 3.63) is 64.6 Å². The second-order valence-electron chi connectivity index (χ2n) is 4.93. The Morgan fingerprint density at radius 3 is 2.62 bits per heavy atom. The van der Waals surface area contributed by atoms with Crippen LogP contribution in [0.5, 0.6) is 5.75 Å². The summed E-state index contributed by atoms with van der Waals surface area (Å²) in [5.41, 5.74) is 6.71. The topological polar surface area (TPSA) is 93.9 Å². The Morgan fingerprint density at radius 1 is 1.21 bits per heavy atom. The van der Waals surface area contributed by atoms with Gasteiger partial charge >= 0.3 is 0 Å². The molecule has 0 radical (unpaired) electrons. The third-order valence-electron chi connectivity index (χ3n) is 3.32. The zero-order chi connectivity index (χ0) is 17.1. The van der Waals surface area contributed by atoms with Gasteiger partial charge in [0.1, 0.15) is 23.9 Å². The molecule has 0 aliphatic rings. The second kappa shape index (κ2) is 6.67. The first-order valence-corrected chi connectivity index (χ1v) is 7.30. The molecule has 0 fully saturated rings. The summed E-state index contributed by atoms with van der Waals surface area (Å²) in [6.07, 6.45) is 0. The molecule has 1 heterocycles. The van der Waals surface area contributed by atoms with Crippen molar-refractivity contribution in [2.24, 2.45) is 5.73 Å². The van der Waals surface area contributed by atoms with E-state index in [0.29, 0.717) is 27.6 Å². The van der Waals surface area contributed by atoms with E-state index in [2.05, 4.69) is 15.4 Å². The summed E-state index contributed by atoms with van der Waals surface area (Å²) >= 11 is 5.71. The lowest BCUT2D eigenvalue weighted by molar-refractivity contribution is 0.0996. The molecule has 3 rings (SSSR count). The SMILES string of the molecule is NC(=O)c1n[nH]nc1-c1ccc(OCc2ccc(Cl)cc2F)cc1. The number of primary amides is 1. The minimum atomic E-state index is -0.669. The average Bonchev–Trinajstić information content (AvgIpc) is 3.04. The van der Waals surface area contributed by atoms with Gasteiger partial charge in [-0.3, -0.25) is 4.79 Å². The van der Waals surface area contributed by atoms with E-state index in [9.17, 15) is 9.18 Å². The van der Waals surface area contributed by atoms with Gasteiger partial charge in [-0.05, 0) is 36.4 Å². The Morgan fingerprint density at radius 2 is 1.96 bits per heavy atom. The van der Waals surface area contributed by atoms with Crippen molar-refractivity contribution in [1.29, 1.82) is 0 Å². The van der Waals surface area contributed by atoms with E-state index in [4.69, 9.17) is 22.1 Å². The number of hydrogen-bond donors (Lipinski definition) is 2. The van der Waals surface area contributed by atoms with Crippen LogP contribution in [0.15, 0.2) is 42.5 Å². The average molecular weight is 347 g/mol. The Kier molecular flexibility index (Phi) is 4.43. The molecule has 1 aromatic heterocycles. The maximum Gasteiger partial charge on any atom is 0.271 e. The molecule has 0 atom stereocenters. The summed E-state index contributed by atoms with van der Waals surface area (Å²) < 4.78 is 19.2. The number of aromatic amines is 1. The van der Waals surface area contributed by atoms with Gasteiger partial charge in [0.25, 0.3) is 5.91 Å². The lowest BCUT2D eigenvalue weighted by atomic mass is 10.1. The summed E-state index contributed by atoms with van der Waals surface area (Å²) in [7, 11) is 0. The lowest BCUT2D eigenvalue weighted by Crippen LogP contribution is -2.12. The Balaban J connectivity index is 1.73. The van der Waals surface area contributed by atoms with Crippen molar-refractivity contribution in [2.75, 3.05) is 0 Å². The van der Waals surface area contributed by atoms with Gasteiger partial charge in [-0.1, -0.05) is 17.7 Å². The Bertz CT molecular complexity index is 880. The van der Waals surface area contributed by atoms with Gasteiger partial charge in [-0.15, -0.1) is 0 Å². The highest BCUT2D eigenvalue weighted by atomic mass is 35.5. The van der Waals surface area contributed by atoms with Gasteiger partial charge < -0.3 is 10.5 Å². The molecule has 0 spiro atoms. The van der Waals surface area contributed by atoms with E-state index < -0.39 is 11.7 Å². The standard InChI is InChI=1S/C16H12ClFN4O2/c17-11-4-1-10(13(18)7-11)8-24-12-5-2-9(3-6-12)14-15(16(19)23)21-22-20-14/h1-7H,8H2,(H2,19,23)(H,20,21,22). The number of ether oxygens (including phenoxy) is 1. The minimum absolute atomic E-state index is 0.0619. The fraction of sp³-hybridized carbons (Fsp3) is 0.0625. The van der Waals surface area contributed by atoms with Crippen molar-refractivity contribution in [3.8, 4) is 17.0 Å². The van der Waals surface area contributed by atoms with E-state index in [0.717, 1.165) is 0 Å². The summed E-state index contributed by atoms with van der Waals surface area (Å²) in [6, 6.07) is 11.2. The van der Waals surface area contributed by atoms with Crippen LogP contribution in [0.3, 0.4) is 0 Å². The van der Waals surface area contributed by atoms with Crippen LogP contribution in [-0.4, -0.2) is 21.3 Å². The number of nitrogens with zero attached hydrogens (tertiary/aromatic N) is 2. The van der Waals surface area contributed by atoms with Crippen LogP contribution in [0.25, 0.3) is 11.3 Å². The first-order valence-electron chi connectivity index (χ1n) is 6.92. The predicted molar refractivity (Wildman–Crippen MR) is 86.1 cm³/mol. The van der Waals surface area contributed by atoms with Crippen molar-refractivity contribution in [3.63, 3.8) is 0 Å². The molecule has 0 bridgehead atoms. The molecule has 3 N–H and O–H groups in total. The number of carbonyl (C=O) groups excluding carboxylic acids is 1. The number of nitrogens with one attached hydrogen (secondary N) is 1. The maximum absolute atomic E-state index is 13.7. The van der Waals surface area contributed by atoms with E-state index in [1.54, 1.807) is 36.4 Å². The molecule has 0 saturated carbocycles. The first-order chi connectivity index (χ1) is 11.5. The van der Waals surface area contributed by atoms with E-state index >= 15 is 0 Å². The van der Waals surface area contributed by atoms with E-state index in [1.165, 1.54) is 6.07 Å². The maximum atomic E-state index is 13.7. The van der Waals surface area contributed by atoms with Gasteiger partial charge in [0.05, 0.1) is 0 Å². The fourth-order valence-electron chi connectivity index (χ4n) is 2.11. The van der Waals surface area contributed by atoms with Gasteiger partial charge in [0.2, 0.25) is 0 Å². The molecule has 0 aliphatic heterocycles. The quantitative estimate of drug-likeness (QED) is 0.742. The summed E-state index contributed by atoms with van der Waals surface area (Å²) in [5, 5.41) is 10.3. The molecule has 1 amide bonds. The van der Waals surface area contributed by atoms with Crippen LogP contribution in [0.2, 0.25) is 5.02 Å².